The third-order valence-electron chi connectivity index (χ3n) is 2.45. The molecular weight excluding hydrogens is 239 g/mol. The lowest BCUT2D eigenvalue weighted by Gasteiger charge is -2.23. The Bertz CT molecular complexity index is 396. The zero-order valence-corrected chi connectivity index (χ0v) is 11.2. The molecule has 0 amide bonds. The standard InChI is InChI=1S/C12H19FN2OS/c1-8-4-11(10(14)5-9(8)13)15-6-12(2,16)7-17-3/h4-5,15-16H,6-7,14H2,1-3H3. The molecule has 17 heavy (non-hydrogen) atoms. The number of hydrogen-bond donors (Lipinski definition) is 3. The predicted molar refractivity (Wildman–Crippen MR) is 73.0 cm³/mol. The molecule has 0 heterocycles. The van der Waals surface area contributed by atoms with E-state index in [1.54, 1.807) is 31.7 Å². The number of aliphatic hydroxyl groups is 1. The molecule has 1 rings (SSSR count). The van der Waals surface area contributed by atoms with Gasteiger partial charge in [0.15, 0.2) is 0 Å². The van der Waals surface area contributed by atoms with E-state index < -0.39 is 5.60 Å². The molecule has 0 spiro atoms. The van der Waals surface area contributed by atoms with Crippen molar-refractivity contribution in [2.24, 2.45) is 0 Å². The molecule has 0 aliphatic rings. The van der Waals surface area contributed by atoms with Crippen LogP contribution in [0.1, 0.15) is 12.5 Å². The smallest absolute Gasteiger partial charge is 0.128 e. The van der Waals surface area contributed by atoms with Crippen LogP contribution in [0.5, 0.6) is 0 Å². The summed E-state index contributed by atoms with van der Waals surface area (Å²) < 4.78 is 13.2. The maximum absolute atomic E-state index is 13.2. The predicted octanol–water partition coefficient (Wildman–Crippen LogP) is 2.24. The summed E-state index contributed by atoms with van der Waals surface area (Å²) in [5.41, 5.74) is 6.44. The van der Waals surface area contributed by atoms with Gasteiger partial charge in [0.05, 0.1) is 17.0 Å². The number of nitrogens with one attached hydrogen (secondary N) is 1. The van der Waals surface area contributed by atoms with Gasteiger partial charge in [-0.05, 0) is 37.8 Å². The monoisotopic (exact) mass is 258 g/mol. The number of nitrogen functional groups attached to an aromatic ring is 1. The van der Waals surface area contributed by atoms with Crippen molar-refractivity contribution >= 4 is 23.1 Å². The van der Waals surface area contributed by atoms with E-state index in [2.05, 4.69) is 5.32 Å². The van der Waals surface area contributed by atoms with Crippen molar-refractivity contribution in [2.75, 3.05) is 29.6 Å². The fraction of sp³-hybridized carbons (Fsp3) is 0.500. The quantitative estimate of drug-likeness (QED) is 0.709. The van der Waals surface area contributed by atoms with Gasteiger partial charge in [0, 0.05) is 12.3 Å². The van der Waals surface area contributed by atoms with E-state index in [0.29, 0.717) is 29.2 Å². The lowest BCUT2D eigenvalue weighted by molar-refractivity contribution is 0.0997. The van der Waals surface area contributed by atoms with Crippen molar-refractivity contribution in [2.45, 2.75) is 19.4 Å². The lowest BCUT2D eigenvalue weighted by Crippen LogP contribution is -2.36. The zero-order chi connectivity index (χ0) is 13.1. The second-order valence-electron chi connectivity index (χ2n) is 4.47. The summed E-state index contributed by atoms with van der Waals surface area (Å²) in [4.78, 5) is 0. The Morgan fingerprint density at radius 3 is 2.76 bits per heavy atom. The van der Waals surface area contributed by atoms with E-state index in [1.165, 1.54) is 6.07 Å². The first-order chi connectivity index (χ1) is 7.85. The van der Waals surface area contributed by atoms with Crippen LogP contribution in [0.3, 0.4) is 0 Å². The van der Waals surface area contributed by atoms with Crippen LogP contribution in [-0.4, -0.2) is 29.3 Å². The van der Waals surface area contributed by atoms with Crippen molar-refractivity contribution in [3.63, 3.8) is 0 Å². The summed E-state index contributed by atoms with van der Waals surface area (Å²) >= 11 is 1.57. The van der Waals surface area contributed by atoms with E-state index >= 15 is 0 Å². The molecule has 0 radical (unpaired) electrons. The largest absolute Gasteiger partial charge is 0.397 e. The number of benzene rings is 1. The van der Waals surface area contributed by atoms with Crippen LogP contribution >= 0.6 is 11.8 Å². The molecule has 5 heteroatoms. The molecule has 1 unspecified atom stereocenters. The highest BCUT2D eigenvalue weighted by Gasteiger charge is 2.19. The van der Waals surface area contributed by atoms with E-state index in [-0.39, 0.29) is 5.82 Å². The van der Waals surface area contributed by atoms with Crippen molar-refractivity contribution < 1.29 is 9.50 Å². The van der Waals surface area contributed by atoms with Gasteiger partial charge < -0.3 is 16.2 Å². The fourth-order valence-corrected chi connectivity index (χ4v) is 2.22. The van der Waals surface area contributed by atoms with Crippen molar-refractivity contribution in [1.82, 2.24) is 0 Å². The summed E-state index contributed by atoms with van der Waals surface area (Å²) in [6, 6.07) is 2.95. The normalized spacial score (nSPS) is 14.4. The van der Waals surface area contributed by atoms with Crippen LogP contribution in [0, 0.1) is 12.7 Å². The van der Waals surface area contributed by atoms with Crippen molar-refractivity contribution in [3.8, 4) is 0 Å². The van der Waals surface area contributed by atoms with Crippen molar-refractivity contribution in [1.29, 1.82) is 0 Å². The van der Waals surface area contributed by atoms with E-state index in [1.807, 2.05) is 6.26 Å². The van der Waals surface area contributed by atoms with Gasteiger partial charge in [0.25, 0.3) is 0 Å². The third kappa shape index (κ3) is 4.09. The minimum absolute atomic E-state index is 0.316. The third-order valence-corrected chi connectivity index (χ3v) is 3.36. The maximum Gasteiger partial charge on any atom is 0.128 e. The number of hydrogen-bond acceptors (Lipinski definition) is 4. The highest BCUT2D eigenvalue weighted by Crippen LogP contribution is 2.23. The van der Waals surface area contributed by atoms with Gasteiger partial charge in [-0.15, -0.1) is 0 Å². The average Bonchev–Trinajstić information content (AvgIpc) is 2.21. The fourth-order valence-electron chi connectivity index (χ4n) is 1.50. The number of anilines is 2. The van der Waals surface area contributed by atoms with Gasteiger partial charge in [-0.3, -0.25) is 0 Å². The molecule has 0 bridgehead atoms. The molecule has 1 aromatic rings. The van der Waals surface area contributed by atoms with Crippen LogP contribution in [0.2, 0.25) is 0 Å². The first-order valence-corrected chi connectivity index (χ1v) is 6.76. The van der Waals surface area contributed by atoms with E-state index in [0.717, 1.165) is 0 Å². The molecule has 3 nitrogen and oxygen atoms in total. The number of nitrogens with two attached hydrogens (primary N) is 1. The first kappa shape index (κ1) is 14.1. The Morgan fingerprint density at radius 2 is 2.18 bits per heavy atom. The second kappa shape index (κ2) is 5.60. The summed E-state index contributed by atoms with van der Waals surface area (Å²) in [6.07, 6.45) is 1.94. The van der Waals surface area contributed by atoms with Crippen LogP contribution in [0.4, 0.5) is 15.8 Å². The van der Waals surface area contributed by atoms with Crippen LogP contribution in [-0.2, 0) is 0 Å². The summed E-state index contributed by atoms with van der Waals surface area (Å²) in [7, 11) is 0. The first-order valence-electron chi connectivity index (χ1n) is 5.36. The summed E-state index contributed by atoms with van der Waals surface area (Å²) in [5, 5.41) is 13.0. The molecular formula is C12H19FN2OS. The van der Waals surface area contributed by atoms with Crippen LogP contribution in [0.15, 0.2) is 12.1 Å². The van der Waals surface area contributed by atoms with Gasteiger partial charge in [0.2, 0.25) is 0 Å². The number of halogens is 1. The Morgan fingerprint density at radius 1 is 1.53 bits per heavy atom. The molecule has 0 aliphatic carbocycles. The van der Waals surface area contributed by atoms with E-state index in [9.17, 15) is 9.50 Å². The SMILES string of the molecule is CSCC(C)(O)CNc1cc(C)c(F)cc1N. The Labute approximate surface area is 106 Å². The average molecular weight is 258 g/mol. The molecule has 1 atom stereocenters. The molecule has 96 valence electrons. The van der Waals surface area contributed by atoms with Gasteiger partial charge in [-0.1, -0.05) is 0 Å². The molecule has 0 saturated heterocycles. The van der Waals surface area contributed by atoms with E-state index in [4.69, 9.17) is 5.73 Å². The number of rotatable bonds is 5. The topological polar surface area (TPSA) is 58.3 Å². The molecule has 4 N–H and O–H groups in total. The minimum Gasteiger partial charge on any atom is -0.397 e. The summed E-state index contributed by atoms with van der Waals surface area (Å²) in [6.45, 7) is 3.81. The maximum atomic E-state index is 13.2. The highest BCUT2D eigenvalue weighted by atomic mass is 32.2. The molecule has 1 aromatic carbocycles. The van der Waals surface area contributed by atoms with Crippen molar-refractivity contribution in [3.05, 3.63) is 23.5 Å². The molecule has 0 aromatic heterocycles. The molecule has 0 fully saturated rings. The van der Waals surface area contributed by atoms with Gasteiger partial charge in [-0.25, -0.2) is 4.39 Å². The van der Waals surface area contributed by atoms with Gasteiger partial charge in [0.1, 0.15) is 5.82 Å². The number of aryl methyl sites for hydroxylation is 1. The molecule has 0 saturated carbocycles. The van der Waals surface area contributed by atoms with Gasteiger partial charge >= 0.3 is 0 Å². The Balaban J connectivity index is 2.73. The Hall–Kier alpha value is -0.940. The molecule has 0 aliphatic heterocycles. The highest BCUT2D eigenvalue weighted by molar-refractivity contribution is 7.98. The number of thioether (sulfide) groups is 1. The van der Waals surface area contributed by atoms with Gasteiger partial charge in [-0.2, -0.15) is 11.8 Å². The Kier molecular flexibility index (Phi) is 4.65. The lowest BCUT2D eigenvalue weighted by atomic mass is 10.1. The minimum atomic E-state index is -0.811. The van der Waals surface area contributed by atoms with Crippen LogP contribution in [0.25, 0.3) is 0 Å². The summed E-state index contributed by atoms with van der Waals surface area (Å²) in [5.74, 6) is 0.309. The second-order valence-corrected chi connectivity index (χ2v) is 5.34. The zero-order valence-electron chi connectivity index (χ0n) is 10.4. The van der Waals surface area contributed by atoms with Crippen LogP contribution < -0.4 is 11.1 Å².